The van der Waals surface area contributed by atoms with Crippen LogP contribution in [0.1, 0.15) is 13.8 Å². The third-order valence-electron chi connectivity index (χ3n) is 2.14. The van der Waals surface area contributed by atoms with Gasteiger partial charge in [-0.3, -0.25) is 0 Å². The third-order valence-corrected chi connectivity index (χ3v) is 2.94. The van der Waals surface area contributed by atoms with Crippen molar-refractivity contribution in [3.63, 3.8) is 0 Å². The van der Waals surface area contributed by atoms with Crippen LogP contribution < -0.4 is 10.5 Å². The standard InChI is InChI=1S/C12H13IN4O/c1-7(2)18-10-4-3-8(5-15-10)9-6-16-12(14)11(13)17-9/h3-7H,1-2H3,(H2,14,16). The number of hydrogen-bond acceptors (Lipinski definition) is 5. The van der Waals surface area contributed by atoms with Crippen LogP contribution in [0.3, 0.4) is 0 Å². The zero-order valence-electron chi connectivity index (χ0n) is 10.1. The number of nitrogen functional groups attached to an aromatic ring is 1. The summed E-state index contributed by atoms with van der Waals surface area (Å²) in [6.45, 7) is 3.92. The minimum absolute atomic E-state index is 0.112. The summed E-state index contributed by atoms with van der Waals surface area (Å²) in [6.07, 6.45) is 3.46. The summed E-state index contributed by atoms with van der Waals surface area (Å²) < 4.78 is 6.17. The van der Waals surface area contributed by atoms with E-state index < -0.39 is 0 Å². The molecule has 0 saturated heterocycles. The highest BCUT2D eigenvalue weighted by atomic mass is 127. The molecule has 0 atom stereocenters. The zero-order chi connectivity index (χ0) is 13.1. The molecule has 0 aliphatic carbocycles. The number of ether oxygens (including phenoxy) is 1. The van der Waals surface area contributed by atoms with E-state index in [4.69, 9.17) is 10.5 Å². The van der Waals surface area contributed by atoms with Gasteiger partial charge in [0.05, 0.1) is 18.0 Å². The number of nitrogens with two attached hydrogens (primary N) is 1. The maximum Gasteiger partial charge on any atom is 0.213 e. The second kappa shape index (κ2) is 5.47. The maximum atomic E-state index is 5.63. The fourth-order valence-corrected chi connectivity index (χ4v) is 1.76. The smallest absolute Gasteiger partial charge is 0.213 e. The number of nitrogens with zero attached hydrogens (tertiary/aromatic N) is 3. The van der Waals surface area contributed by atoms with Gasteiger partial charge in [-0.05, 0) is 42.5 Å². The quantitative estimate of drug-likeness (QED) is 0.856. The Morgan fingerprint density at radius 2 is 2.00 bits per heavy atom. The average molecular weight is 356 g/mol. The molecular weight excluding hydrogens is 343 g/mol. The summed E-state index contributed by atoms with van der Waals surface area (Å²) >= 11 is 2.06. The molecule has 5 nitrogen and oxygen atoms in total. The van der Waals surface area contributed by atoms with Crippen LogP contribution in [0.5, 0.6) is 5.88 Å². The van der Waals surface area contributed by atoms with Crippen LogP contribution in [0.15, 0.2) is 24.5 Å². The first-order valence-corrected chi connectivity index (χ1v) is 6.55. The minimum atomic E-state index is 0.112. The second-order valence-electron chi connectivity index (χ2n) is 3.98. The van der Waals surface area contributed by atoms with Gasteiger partial charge in [-0.15, -0.1) is 0 Å². The Morgan fingerprint density at radius 1 is 1.22 bits per heavy atom. The number of aromatic nitrogens is 3. The van der Waals surface area contributed by atoms with Gasteiger partial charge in [0.25, 0.3) is 0 Å². The van der Waals surface area contributed by atoms with Crippen LogP contribution in [-0.4, -0.2) is 21.1 Å². The first-order chi connectivity index (χ1) is 8.56. The van der Waals surface area contributed by atoms with E-state index >= 15 is 0 Å². The molecule has 0 aliphatic heterocycles. The molecule has 18 heavy (non-hydrogen) atoms. The lowest BCUT2D eigenvalue weighted by atomic mass is 10.2. The average Bonchev–Trinajstić information content (AvgIpc) is 2.33. The van der Waals surface area contributed by atoms with Crippen LogP contribution in [0.25, 0.3) is 11.3 Å². The van der Waals surface area contributed by atoms with Gasteiger partial charge < -0.3 is 10.5 Å². The minimum Gasteiger partial charge on any atom is -0.475 e. The number of rotatable bonds is 3. The molecule has 0 fully saturated rings. The van der Waals surface area contributed by atoms with Crippen molar-refractivity contribution in [2.45, 2.75) is 20.0 Å². The Balaban J connectivity index is 2.25. The summed E-state index contributed by atoms with van der Waals surface area (Å²) in [7, 11) is 0. The van der Waals surface area contributed by atoms with E-state index in [0.717, 1.165) is 11.3 Å². The molecule has 0 saturated carbocycles. The lowest BCUT2D eigenvalue weighted by Crippen LogP contribution is -2.06. The Morgan fingerprint density at radius 3 is 2.56 bits per heavy atom. The van der Waals surface area contributed by atoms with Gasteiger partial charge in [0.2, 0.25) is 5.88 Å². The van der Waals surface area contributed by atoms with Crippen molar-refractivity contribution in [1.82, 2.24) is 15.0 Å². The lowest BCUT2D eigenvalue weighted by molar-refractivity contribution is 0.232. The highest BCUT2D eigenvalue weighted by molar-refractivity contribution is 14.1. The SMILES string of the molecule is CC(C)Oc1ccc(-c2cnc(N)c(I)n2)cn1. The Bertz CT molecular complexity index is 542. The molecule has 6 heteroatoms. The normalized spacial score (nSPS) is 10.7. The molecule has 0 spiro atoms. The summed E-state index contributed by atoms with van der Waals surface area (Å²) in [4.78, 5) is 12.7. The fourth-order valence-electron chi connectivity index (χ4n) is 1.36. The van der Waals surface area contributed by atoms with Gasteiger partial charge in [0, 0.05) is 17.8 Å². The third kappa shape index (κ3) is 3.06. The highest BCUT2D eigenvalue weighted by Gasteiger charge is 2.05. The van der Waals surface area contributed by atoms with Crippen molar-refractivity contribution < 1.29 is 4.74 Å². The van der Waals surface area contributed by atoms with Gasteiger partial charge in [-0.1, -0.05) is 0 Å². The second-order valence-corrected chi connectivity index (χ2v) is 5.00. The summed E-state index contributed by atoms with van der Waals surface area (Å²) in [5.74, 6) is 1.04. The van der Waals surface area contributed by atoms with Gasteiger partial charge in [0.1, 0.15) is 3.70 Å². The molecule has 2 aromatic heterocycles. The van der Waals surface area contributed by atoms with Gasteiger partial charge in [-0.2, -0.15) is 0 Å². The first-order valence-electron chi connectivity index (χ1n) is 5.47. The molecule has 0 unspecified atom stereocenters. The fraction of sp³-hybridized carbons (Fsp3) is 0.250. The Hall–Kier alpha value is -1.44. The Labute approximate surface area is 119 Å². The van der Waals surface area contributed by atoms with E-state index in [2.05, 4.69) is 37.5 Å². The molecule has 0 aliphatic rings. The monoisotopic (exact) mass is 356 g/mol. The number of anilines is 1. The molecule has 2 aromatic rings. The predicted octanol–water partition coefficient (Wildman–Crippen LogP) is 2.51. The molecule has 2 rings (SSSR count). The van der Waals surface area contributed by atoms with Crippen LogP contribution in [-0.2, 0) is 0 Å². The van der Waals surface area contributed by atoms with Gasteiger partial charge >= 0.3 is 0 Å². The molecule has 2 heterocycles. The molecule has 0 radical (unpaired) electrons. The largest absolute Gasteiger partial charge is 0.475 e. The number of pyridine rings is 1. The van der Waals surface area contributed by atoms with Crippen molar-refractivity contribution in [1.29, 1.82) is 0 Å². The topological polar surface area (TPSA) is 73.9 Å². The van der Waals surface area contributed by atoms with Gasteiger partial charge in [-0.25, -0.2) is 15.0 Å². The maximum absolute atomic E-state index is 5.63. The summed E-state index contributed by atoms with van der Waals surface area (Å²) in [5.41, 5.74) is 7.26. The summed E-state index contributed by atoms with van der Waals surface area (Å²) in [5, 5.41) is 0. The number of hydrogen-bond donors (Lipinski definition) is 1. The molecule has 0 amide bonds. The van der Waals surface area contributed by atoms with E-state index in [-0.39, 0.29) is 6.10 Å². The van der Waals surface area contributed by atoms with Crippen LogP contribution in [0.4, 0.5) is 5.82 Å². The Kier molecular flexibility index (Phi) is 3.95. The van der Waals surface area contributed by atoms with E-state index in [1.807, 2.05) is 26.0 Å². The van der Waals surface area contributed by atoms with E-state index in [1.165, 1.54) is 0 Å². The van der Waals surface area contributed by atoms with Crippen molar-refractivity contribution in [3.8, 4) is 17.1 Å². The van der Waals surface area contributed by atoms with Gasteiger partial charge in [0.15, 0.2) is 5.82 Å². The van der Waals surface area contributed by atoms with Crippen LogP contribution in [0.2, 0.25) is 0 Å². The zero-order valence-corrected chi connectivity index (χ0v) is 12.2. The van der Waals surface area contributed by atoms with E-state index in [1.54, 1.807) is 12.4 Å². The predicted molar refractivity (Wildman–Crippen MR) is 78.2 cm³/mol. The van der Waals surface area contributed by atoms with E-state index in [9.17, 15) is 0 Å². The first kappa shape index (κ1) is 13.0. The molecule has 2 N–H and O–H groups in total. The highest BCUT2D eigenvalue weighted by Crippen LogP contribution is 2.20. The molecular formula is C12H13IN4O. The van der Waals surface area contributed by atoms with Crippen molar-refractivity contribution in [2.24, 2.45) is 0 Å². The van der Waals surface area contributed by atoms with E-state index in [0.29, 0.717) is 15.4 Å². The van der Waals surface area contributed by atoms with Crippen molar-refractivity contribution in [2.75, 3.05) is 5.73 Å². The summed E-state index contributed by atoms with van der Waals surface area (Å²) in [6, 6.07) is 3.72. The van der Waals surface area contributed by atoms with Crippen LogP contribution in [0, 0.1) is 3.70 Å². The molecule has 0 bridgehead atoms. The van der Waals surface area contributed by atoms with Crippen molar-refractivity contribution in [3.05, 3.63) is 28.2 Å². The lowest BCUT2D eigenvalue weighted by Gasteiger charge is -2.08. The van der Waals surface area contributed by atoms with Crippen LogP contribution >= 0.6 is 22.6 Å². The molecule has 0 aromatic carbocycles. The van der Waals surface area contributed by atoms with Crippen molar-refractivity contribution >= 4 is 28.4 Å². The molecule has 94 valence electrons. The number of halogens is 1.